The van der Waals surface area contributed by atoms with Crippen molar-refractivity contribution in [3.05, 3.63) is 92.7 Å². The first-order valence-electron chi connectivity index (χ1n) is 9.15. The van der Waals surface area contributed by atoms with Gasteiger partial charge in [-0.1, -0.05) is 58.4 Å². The fourth-order valence-corrected chi connectivity index (χ4v) is 3.70. The van der Waals surface area contributed by atoms with E-state index in [0.29, 0.717) is 22.5 Å². The van der Waals surface area contributed by atoms with E-state index in [-0.39, 0.29) is 6.61 Å². The Labute approximate surface area is 178 Å². The van der Waals surface area contributed by atoms with Crippen LogP contribution in [0.15, 0.2) is 81.6 Å². The lowest BCUT2D eigenvalue weighted by molar-refractivity contribution is -0.140. The molecule has 1 aliphatic rings. The highest BCUT2D eigenvalue weighted by atomic mass is 79.9. The highest BCUT2D eigenvalue weighted by molar-refractivity contribution is 9.10. The summed E-state index contributed by atoms with van der Waals surface area (Å²) in [7, 11) is 1.33. The maximum Gasteiger partial charge on any atom is 0.337 e. The summed E-state index contributed by atoms with van der Waals surface area (Å²) < 4.78 is 11.5. The standard InChI is InChI=1S/C23H22BrNO4/c1-14-19(22(26)28-3)21(17-9-11-18(24)12-10-17)20(15(2)25-14)23(27)29-13-16-7-5-4-6-8-16/h4-12,21,25H,13H2,1-3H3. The Morgan fingerprint density at radius 3 is 2.10 bits per heavy atom. The lowest BCUT2D eigenvalue weighted by Crippen LogP contribution is -2.32. The van der Waals surface area contributed by atoms with Gasteiger partial charge in [0.05, 0.1) is 24.2 Å². The molecule has 0 fully saturated rings. The van der Waals surface area contributed by atoms with Crippen LogP contribution in [0.4, 0.5) is 0 Å². The van der Waals surface area contributed by atoms with Gasteiger partial charge in [-0.05, 0) is 37.1 Å². The third-order valence-corrected chi connectivity index (χ3v) is 5.33. The first kappa shape index (κ1) is 20.9. The van der Waals surface area contributed by atoms with Gasteiger partial charge >= 0.3 is 11.9 Å². The van der Waals surface area contributed by atoms with Crippen LogP contribution in [0.1, 0.15) is 30.9 Å². The molecule has 150 valence electrons. The molecule has 29 heavy (non-hydrogen) atoms. The molecule has 1 heterocycles. The smallest absolute Gasteiger partial charge is 0.337 e. The van der Waals surface area contributed by atoms with Crippen molar-refractivity contribution in [2.75, 3.05) is 7.11 Å². The summed E-state index contributed by atoms with van der Waals surface area (Å²) in [4.78, 5) is 25.7. The number of methoxy groups -OCH3 is 1. The zero-order valence-corrected chi connectivity index (χ0v) is 18.1. The van der Waals surface area contributed by atoms with E-state index in [4.69, 9.17) is 9.47 Å². The molecule has 2 aromatic rings. The number of carbonyl (C=O) groups is 2. The number of allylic oxidation sites excluding steroid dienone is 2. The molecule has 0 saturated heterocycles. The lowest BCUT2D eigenvalue weighted by Gasteiger charge is -2.30. The Morgan fingerprint density at radius 2 is 1.52 bits per heavy atom. The molecule has 0 bridgehead atoms. The van der Waals surface area contributed by atoms with E-state index in [9.17, 15) is 9.59 Å². The van der Waals surface area contributed by atoms with Gasteiger partial charge in [-0.15, -0.1) is 0 Å². The average molecular weight is 456 g/mol. The van der Waals surface area contributed by atoms with E-state index in [1.165, 1.54) is 7.11 Å². The molecule has 1 N–H and O–H groups in total. The number of esters is 2. The molecule has 0 aliphatic carbocycles. The summed E-state index contributed by atoms with van der Waals surface area (Å²) in [5, 5.41) is 3.13. The van der Waals surface area contributed by atoms with Crippen molar-refractivity contribution < 1.29 is 19.1 Å². The van der Waals surface area contributed by atoms with Gasteiger partial charge in [0.1, 0.15) is 6.61 Å². The summed E-state index contributed by atoms with van der Waals surface area (Å²) in [6.45, 7) is 3.76. The highest BCUT2D eigenvalue weighted by Gasteiger charge is 2.37. The van der Waals surface area contributed by atoms with Gasteiger partial charge in [-0.25, -0.2) is 9.59 Å². The van der Waals surface area contributed by atoms with Crippen LogP contribution in [0.2, 0.25) is 0 Å². The number of hydrogen-bond donors (Lipinski definition) is 1. The highest BCUT2D eigenvalue weighted by Crippen LogP contribution is 2.39. The Morgan fingerprint density at radius 1 is 0.931 bits per heavy atom. The number of benzene rings is 2. The molecule has 1 atom stereocenters. The first-order valence-corrected chi connectivity index (χ1v) is 9.95. The van der Waals surface area contributed by atoms with Crippen molar-refractivity contribution in [3.63, 3.8) is 0 Å². The van der Waals surface area contributed by atoms with Gasteiger partial charge < -0.3 is 14.8 Å². The minimum Gasteiger partial charge on any atom is -0.466 e. The number of rotatable bonds is 5. The van der Waals surface area contributed by atoms with Crippen LogP contribution in [0.25, 0.3) is 0 Å². The van der Waals surface area contributed by atoms with Crippen LogP contribution in [0, 0.1) is 0 Å². The van der Waals surface area contributed by atoms with Crippen LogP contribution in [-0.2, 0) is 25.7 Å². The van der Waals surface area contributed by atoms with E-state index in [0.717, 1.165) is 15.6 Å². The van der Waals surface area contributed by atoms with Crippen molar-refractivity contribution in [1.29, 1.82) is 0 Å². The van der Waals surface area contributed by atoms with E-state index >= 15 is 0 Å². The summed E-state index contributed by atoms with van der Waals surface area (Å²) in [6.07, 6.45) is 0. The van der Waals surface area contributed by atoms with Crippen molar-refractivity contribution in [2.24, 2.45) is 0 Å². The predicted octanol–water partition coefficient (Wildman–Crippen LogP) is 4.60. The molecule has 0 saturated carbocycles. The minimum absolute atomic E-state index is 0.153. The Kier molecular flexibility index (Phi) is 6.54. The zero-order valence-electron chi connectivity index (χ0n) is 16.5. The summed E-state index contributed by atoms with van der Waals surface area (Å²) in [5.74, 6) is -1.54. The normalized spacial score (nSPS) is 16.3. The second-order valence-electron chi connectivity index (χ2n) is 6.74. The monoisotopic (exact) mass is 455 g/mol. The van der Waals surface area contributed by atoms with Crippen molar-refractivity contribution >= 4 is 27.9 Å². The van der Waals surface area contributed by atoms with E-state index in [1.54, 1.807) is 6.92 Å². The largest absolute Gasteiger partial charge is 0.466 e. The van der Waals surface area contributed by atoms with Crippen LogP contribution in [0.3, 0.4) is 0 Å². The maximum atomic E-state index is 13.1. The van der Waals surface area contributed by atoms with E-state index in [2.05, 4.69) is 21.2 Å². The van der Waals surface area contributed by atoms with Gasteiger partial charge in [0.2, 0.25) is 0 Å². The third-order valence-electron chi connectivity index (χ3n) is 4.80. The topological polar surface area (TPSA) is 64.6 Å². The molecule has 5 nitrogen and oxygen atoms in total. The van der Waals surface area contributed by atoms with Crippen molar-refractivity contribution in [2.45, 2.75) is 26.4 Å². The quantitative estimate of drug-likeness (QED) is 0.667. The number of carbonyl (C=O) groups excluding carboxylic acids is 2. The first-order chi connectivity index (χ1) is 13.9. The lowest BCUT2D eigenvalue weighted by atomic mass is 9.80. The van der Waals surface area contributed by atoms with Crippen LogP contribution in [0.5, 0.6) is 0 Å². The third kappa shape index (κ3) is 4.59. The molecule has 0 spiro atoms. The SMILES string of the molecule is COC(=O)C1=C(C)NC(C)=C(C(=O)OCc2ccccc2)C1c1ccc(Br)cc1. The molecule has 3 rings (SSSR count). The van der Waals surface area contributed by atoms with Gasteiger partial charge in [0.15, 0.2) is 0 Å². The molecule has 0 radical (unpaired) electrons. The molecule has 1 aliphatic heterocycles. The zero-order chi connectivity index (χ0) is 21.0. The van der Waals surface area contributed by atoms with Crippen LogP contribution < -0.4 is 5.32 Å². The Bertz CT molecular complexity index is 978. The van der Waals surface area contributed by atoms with E-state index < -0.39 is 17.9 Å². The number of dihydropyridines is 1. The van der Waals surface area contributed by atoms with E-state index in [1.807, 2.05) is 61.5 Å². The van der Waals surface area contributed by atoms with Gasteiger partial charge in [-0.3, -0.25) is 0 Å². The maximum absolute atomic E-state index is 13.1. The molecule has 2 aromatic carbocycles. The van der Waals surface area contributed by atoms with Crippen LogP contribution >= 0.6 is 15.9 Å². The van der Waals surface area contributed by atoms with Gasteiger partial charge in [0, 0.05) is 15.9 Å². The second kappa shape index (κ2) is 9.09. The number of ether oxygens (including phenoxy) is 2. The molecular weight excluding hydrogens is 434 g/mol. The minimum atomic E-state index is -0.583. The fourth-order valence-electron chi connectivity index (χ4n) is 3.43. The average Bonchev–Trinajstić information content (AvgIpc) is 2.72. The summed E-state index contributed by atoms with van der Waals surface area (Å²) in [5.41, 5.74) is 3.80. The number of hydrogen-bond acceptors (Lipinski definition) is 5. The number of halogens is 1. The van der Waals surface area contributed by atoms with Gasteiger partial charge in [0.25, 0.3) is 0 Å². The molecule has 0 aromatic heterocycles. The second-order valence-corrected chi connectivity index (χ2v) is 7.66. The fraction of sp³-hybridized carbons (Fsp3) is 0.217. The van der Waals surface area contributed by atoms with Crippen molar-refractivity contribution in [1.82, 2.24) is 5.32 Å². The van der Waals surface area contributed by atoms with Crippen LogP contribution in [-0.4, -0.2) is 19.0 Å². The molecular formula is C23H22BrNO4. The predicted molar refractivity (Wildman–Crippen MR) is 114 cm³/mol. The summed E-state index contributed by atoms with van der Waals surface area (Å²) in [6, 6.07) is 17.0. The van der Waals surface area contributed by atoms with Gasteiger partial charge in [-0.2, -0.15) is 0 Å². The summed E-state index contributed by atoms with van der Waals surface area (Å²) >= 11 is 3.43. The Balaban J connectivity index is 1.99. The van der Waals surface area contributed by atoms with Crippen molar-refractivity contribution in [3.8, 4) is 0 Å². The Hall–Kier alpha value is -2.86. The molecule has 1 unspecified atom stereocenters. The number of nitrogens with one attached hydrogen (secondary N) is 1. The molecule has 0 amide bonds. The molecule has 6 heteroatoms.